The molecule has 2 rings (SSSR count). The van der Waals surface area contributed by atoms with E-state index >= 15 is 0 Å². The quantitative estimate of drug-likeness (QED) is 0.633. The molecule has 0 unspecified atom stereocenters. The van der Waals surface area contributed by atoms with Crippen LogP contribution in [0.5, 0.6) is 0 Å². The third kappa shape index (κ3) is 1.52. The normalized spacial score (nSPS) is 10.6. The van der Waals surface area contributed by atoms with Gasteiger partial charge in [-0.2, -0.15) is 0 Å². The minimum absolute atomic E-state index is 0.244. The molecule has 0 aromatic carbocycles. The standard InChI is InChI=1S/C8H10N6OS/c1-2-10-7(15)14-6-4(13-8(14)16)5(9)11-3-12-6/h3H,2H2,1H3,(H,10,15)(H,13,16)(H2,9,11,12). The van der Waals surface area contributed by atoms with Crippen LogP contribution in [0.15, 0.2) is 6.33 Å². The lowest BCUT2D eigenvalue weighted by Crippen LogP contribution is -2.28. The summed E-state index contributed by atoms with van der Waals surface area (Å²) >= 11 is 5.03. The van der Waals surface area contributed by atoms with Crippen LogP contribution >= 0.6 is 12.2 Å². The molecule has 0 saturated heterocycles. The molecule has 2 aromatic heterocycles. The van der Waals surface area contributed by atoms with E-state index in [0.29, 0.717) is 17.7 Å². The fourth-order valence-electron chi connectivity index (χ4n) is 1.36. The van der Waals surface area contributed by atoms with Crippen molar-refractivity contribution in [3.63, 3.8) is 0 Å². The van der Waals surface area contributed by atoms with Crippen LogP contribution in [0.3, 0.4) is 0 Å². The van der Waals surface area contributed by atoms with Gasteiger partial charge in [-0.15, -0.1) is 0 Å². The number of fused-ring (bicyclic) bond motifs is 1. The SMILES string of the molecule is CCNC(=O)n1c(=S)[nH]c2c(N)ncnc21. The lowest BCUT2D eigenvalue weighted by Gasteiger charge is -2.02. The Morgan fingerprint density at radius 3 is 3.12 bits per heavy atom. The molecular formula is C8H10N6OS. The highest BCUT2D eigenvalue weighted by atomic mass is 32.1. The van der Waals surface area contributed by atoms with Gasteiger partial charge in [-0.25, -0.2) is 19.3 Å². The number of nitrogen functional groups attached to an aromatic ring is 1. The first-order valence-electron chi connectivity index (χ1n) is 4.64. The Kier molecular flexibility index (Phi) is 2.57. The van der Waals surface area contributed by atoms with Gasteiger partial charge in [0.1, 0.15) is 11.8 Å². The smallest absolute Gasteiger partial charge is 0.329 e. The van der Waals surface area contributed by atoms with Crippen molar-refractivity contribution >= 4 is 35.2 Å². The van der Waals surface area contributed by atoms with Gasteiger partial charge >= 0.3 is 6.03 Å². The van der Waals surface area contributed by atoms with Gasteiger partial charge < -0.3 is 16.0 Å². The maximum Gasteiger partial charge on any atom is 0.329 e. The number of carbonyl (C=O) groups is 1. The second-order valence-electron chi connectivity index (χ2n) is 3.06. The Morgan fingerprint density at radius 1 is 1.69 bits per heavy atom. The van der Waals surface area contributed by atoms with Crippen molar-refractivity contribution in [1.29, 1.82) is 0 Å². The predicted molar refractivity (Wildman–Crippen MR) is 61.6 cm³/mol. The number of H-pyrrole nitrogens is 1. The number of aromatic amines is 1. The van der Waals surface area contributed by atoms with Crippen molar-refractivity contribution in [2.24, 2.45) is 0 Å². The zero-order valence-electron chi connectivity index (χ0n) is 8.52. The molecule has 2 aromatic rings. The van der Waals surface area contributed by atoms with Crippen molar-refractivity contribution in [3.05, 3.63) is 11.1 Å². The summed E-state index contributed by atoms with van der Waals surface area (Å²) < 4.78 is 1.50. The Hall–Kier alpha value is -1.96. The van der Waals surface area contributed by atoms with E-state index in [9.17, 15) is 4.79 Å². The van der Waals surface area contributed by atoms with Gasteiger partial charge in [0.2, 0.25) is 0 Å². The van der Waals surface area contributed by atoms with E-state index in [0.717, 1.165) is 0 Å². The summed E-state index contributed by atoms with van der Waals surface area (Å²) in [6.45, 7) is 2.33. The van der Waals surface area contributed by atoms with Gasteiger partial charge in [-0.1, -0.05) is 0 Å². The van der Waals surface area contributed by atoms with E-state index < -0.39 is 0 Å². The highest BCUT2D eigenvalue weighted by molar-refractivity contribution is 7.71. The number of nitrogens with zero attached hydrogens (tertiary/aromatic N) is 3. The number of anilines is 1. The minimum atomic E-state index is -0.336. The van der Waals surface area contributed by atoms with E-state index in [2.05, 4.69) is 20.3 Å². The van der Waals surface area contributed by atoms with Crippen LogP contribution in [0.1, 0.15) is 6.92 Å². The van der Waals surface area contributed by atoms with Crippen LogP contribution in [0.25, 0.3) is 11.2 Å². The van der Waals surface area contributed by atoms with Crippen molar-refractivity contribution in [2.75, 3.05) is 12.3 Å². The van der Waals surface area contributed by atoms with Gasteiger partial charge in [0.15, 0.2) is 16.2 Å². The van der Waals surface area contributed by atoms with E-state index in [1.165, 1.54) is 10.9 Å². The van der Waals surface area contributed by atoms with E-state index in [1.54, 1.807) is 0 Å². The molecule has 84 valence electrons. The van der Waals surface area contributed by atoms with Gasteiger partial charge in [-0.3, -0.25) is 0 Å². The molecule has 0 bridgehead atoms. The molecule has 16 heavy (non-hydrogen) atoms. The van der Waals surface area contributed by atoms with Crippen molar-refractivity contribution in [3.8, 4) is 0 Å². The summed E-state index contributed by atoms with van der Waals surface area (Å²) in [5.41, 5.74) is 6.49. The number of aromatic nitrogens is 4. The topological polar surface area (TPSA) is 102 Å². The molecule has 0 saturated carbocycles. The molecule has 7 nitrogen and oxygen atoms in total. The third-order valence-electron chi connectivity index (χ3n) is 2.03. The maximum atomic E-state index is 11.7. The monoisotopic (exact) mass is 238 g/mol. The highest BCUT2D eigenvalue weighted by Gasteiger charge is 2.13. The lowest BCUT2D eigenvalue weighted by molar-refractivity contribution is 0.243. The van der Waals surface area contributed by atoms with Crippen LogP contribution in [0.2, 0.25) is 0 Å². The van der Waals surface area contributed by atoms with Crippen LogP contribution in [-0.2, 0) is 0 Å². The number of nitrogens with two attached hydrogens (primary N) is 1. The number of carbonyl (C=O) groups excluding carboxylic acids is 1. The first-order chi connectivity index (χ1) is 7.65. The minimum Gasteiger partial charge on any atom is -0.382 e. The molecule has 8 heteroatoms. The fourth-order valence-corrected chi connectivity index (χ4v) is 1.63. The Balaban J connectivity index is 2.70. The summed E-state index contributed by atoms with van der Waals surface area (Å²) in [6, 6.07) is -0.336. The number of amides is 1. The summed E-state index contributed by atoms with van der Waals surface area (Å²) in [4.78, 5) is 22.3. The van der Waals surface area contributed by atoms with E-state index in [-0.39, 0.29) is 16.6 Å². The third-order valence-corrected chi connectivity index (χ3v) is 2.32. The molecular weight excluding hydrogens is 228 g/mol. The maximum absolute atomic E-state index is 11.7. The average Bonchev–Trinajstić information content (AvgIpc) is 2.56. The first-order valence-corrected chi connectivity index (χ1v) is 5.05. The average molecular weight is 238 g/mol. The summed E-state index contributed by atoms with van der Waals surface area (Å²) in [5, 5.41) is 2.64. The number of hydrogen-bond acceptors (Lipinski definition) is 5. The van der Waals surface area contributed by atoms with Gasteiger partial charge in [0.05, 0.1) is 0 Å². The number of nitrogens with one attached hydrogen (secondary N) is 2. The second kappa shape index (κ2) is 3.89. The van der Waals surface area contributed by atoms with Crippen LogP contribution in [0, 0.1) is 4.77 Å². The van der Waals surface area contributed by atoms with E-state index in [4.69, 9.17) is 18.0 Å². The van der Waals surface area contributed by atoms with Crippen molar-refractivity contribution < 1.29 is 4.79 Å². The number of hydrogen-bond donors (Lipinski definition) is 3. The van der Waals surface area contributed by atoms with Crippen LogP contribution in [0.4, 0.5) is 10.6 Å². The van der Waals surface area contributed by atoms with Crippen molar-refractivity contribution in [2.45, 2.75) is 6.92 Å². The molecule has 0 aliphatic rings. The Bertz CT molecular complexity index is 600. The lowest BCUT2D eigenvalue weighted by atomic mass is 10.5. The molecule has 0 spiro atoms. The number of rotatable bonds is 1. The molecule has 0 aliphatic carbocycles. The van der Waals surface area contributed by atoms with Crippen LogP contribution < -0.4 is 11.1 Å². The Morgan fingerprint density at radius 2 is 2.44 bits per heavy atom. The second-order valence-corrected chi connectivity index (χ2v) is 3.45. The van der Waals surface area contributed by atoms with Crippen LogP contribution in [-0.4, -0.2) is 32.1 Å². The zero-order valence-corrected chi connectivity index (χ0v) is 9.34. The molecule has 4 N–H and O–H groups in total. The number of imidazole rings is 1. The molecule has 0 aliphatic heterocycles. The van der Waals surface area contributed by atoms with Gasteiger partial charge in [-0.05, 0) is 19.1 Å². The predicted octanol–water partition coefficient (Wildman–Crippen LogP) is 0.649. The van der Waals surface area contributed by atoms with Gasteiger partial charge in [0.25, 0.3) is 0 Å². The molecule has 0 fully saturated rings. The van der Waals surface area contributed by atoms with Crippen molar-refractivity contribution in [1.82, 2.24) is 24.8 Å². The van der Waals surface area contributed by atoms with E-state index in [1.807, 2.05) is 6.92 Å². The highest BCUT2D eigenvalue weighted by Crippen LogP contribution is 2.14. The van der Waals surface area contributed by atoms with Gasteiger partial charge in [0, 0.05) is 6.54 Å². The molecule has 0 radical (unpaired) electrons. The summed E-state index contributed by atoms with van der Waals surface area (Å²) in [6.07, 6.45) is 1.29. The summed E-state index contributed by atoms with van der Waals surface area (Å²) in [7, 11) is 0. The summed E-state index contributed by atoms with van der Waals surface area (Å²) in [5.74, 6) is 0.263. The largest absolute Gasteiger partial charge is 0.382 e. The zero-order chi connectivity index (χ0) is 11.7. The first kappa shape index (κ1) is 10.6. The Labute approximate surface area is 95.7 Å². The molecule has 2 heterocycles. The molecule has 1 amide bonds. The molecule has 0 atom stereocenters. The fraction of sp³-hybridized carbons (Fsp3) is 0.250.